The van der Waals surface area contributed by atoms with Gasteiger partial charge in [-0.1, -0.05) is 29.8 Å². The number of anilines is 2. The number of hydrogen-bond donors (Lipinski definition) is 2. The zero-order valence-corrected chi connectivity index (χ0v) is 16.1. The van der Waals surface area contributed by atoms with Gasteiger partial charge in [0, 0.05) is 29.2 Å². The van der Waals surface area contributed by atoms with Crippen LogP contribution in [0, 0.1) is 0 Å². The summed E-state index contributed by atoms with van der Waals surface area (Å²) in [6.07, 6.45) is 1.49. The van der Waals surface area contributed by atoms with Crippen LogP contribution in [0.25, 0.3) is 0 Å². The standard InChI is InChI=1S/C19H20ClN3O3S/c20-14-5-1-4-13(10-14)17-12-18(17)22-19(24)21-15-6-2-7-16(11-15)23-8-3-9-27(23,25)26/h1-2,4-7,10-11,17-18H,3,8-9,12H2,(H2,21,22,24)/t17-,18-/m0/s1. The summed E-state index contributed by atoms with van der Waals surface area (Å²) < 4.78 is 25.5. The fourth-order valence-electron chi connectivity index (χ4n) is 3.46. The minimum absolute atomic E-state index is 0.0746. The quantitative estimate of drug-likeness (QED) is 0.816. The highest BCUT2D eigenvalue weighted by Gasteiger charge is 2.39. The SMILES string of the molecule is O=C(Nc1cccc(N2CCCS2(=O)=O)c1)N[C@H]1C[C@H]1c1cccc(Cl)c1. The Kier molecular flexibility index (Phi) is 4.74. The molecule has 1 aliphatic heterocycles. The Morgan fingerprint density at radius 3 is 2.70 bits per heavy atom. The first-order valence-corrected chi connectivity index (χ1v) is 10.8. The monoisotopic (exact) mass is 405 g/mol. The number of halogens is 1. The van der Waals surface area contributed by atoms with Gasteiger partial charge in [-0.05, 0) is 48.7 Å². The van der Waals surface area contributed by atoms with Crippen LogP contribution in [-0.4, -0.2) is 32.8 Å². The minimum atomic E-state index is -3.24. The van der Waals surface area contributed by atoms with Gasteiger partial charge in [-0.2, -0.15) is 0 Å². The van der Waals surface area contributed by atoms with Crippen molar-refractivity contribution in [2.45, 2.75) is 24.8 Å². The molecule has 6 nitrogen and oxygen atoms in total. The summed E-state index contributed by atoms with van der Waals surface area (Å²) in [6, 6.07) is 14.4. The van der Waals surface area contributed by atoms with Gasteiger partial charge in [0.15, 0.2) is 0 Å². The molecule has 8 heteroatoms. The molecule has 2 aromatic rings. The fourth-order valence-corrected chi connectivity index (χ4v) is 5.22. The predicted molar refractivity (Wildman–Crippen MR) is 107 cm³/mol. The summed E-state index contributed by atoms with van der Waals surface area (Å²) in [5, 5.41) is 6.43. The number of carbonyl (C=O) groups excluding carboxylic acids is 1. The van der Waals surface area contributed by atoms with Gasteiger partial charge < -0.3 is 10.6 Å². The van der Waals surface area contributed by atoms with Gasteiger partial charge in [-0.15, -0.1) is 0 Å². The van der Waals surface area contributed by atoms with E-state index in [1.165, 1.54) is 4.31 Å². The third-order valence-electron chi connectivity index (χ3n) is 4.88. The molecule has 1 saturated carbocycles. The number of amides is 2. The molecule has 27 heavy (non-hydrogen) atoms. The molecular weight excluding hydrogens is 386 g/mol. The van der Waals surface area contributed by atoms with Crippen LogP contribution < -0.4 is 14.9 Å². The van der Waals surface area contributed by atoms with Crippen molar-refractivity contribution in [1.29, 1.82) is 0 Å². The Morgan fingerprint density at radius 1 is 1.15 bits per heavy atom. The number of urea groups is 1. The lowest BCUT2D eigenvalue weighted by atomic mass is 10.1. The molecule has 0 aromatic heterocycles. The average Bonchev–Trinajstić information content (AvgIpc) is 3.28. The van der Waals surface area contributed by atoms with E-state index in [-0.39, 0.29) is 23.7 Å². The molecule has 1 aliphatic carbocycles. The third kappa shape index (κ3) is 4.04. The Hall–Kier alpha value is -2.25. The lowest BCUT2D eigenvalue weighted by Crippen LogP contribution is -2.31. The van der Waals surface area contributed by atoms with Crippen LogP contribution >= 0.6 is 11.6 Å². The van der Waals surface area contributed by atoms with Gasteiger partial charge in [-0.3, -0.25) is 4.31 Å². The van der Waals surface area contributed by atoms with E-state index in [9.17, 15) is 13.2 Å². The Morgan fingerprint density at radius 2 is 1.96 bits per heavy atom. The first kappa shape index (κ1) is 18.1. The topological polar surface area (TPSA) is 78.5 Å². The van der Waals surface area contributed by atoms with Crippen molar-refractivity contribution >= 4 is 39.0 Å². The van der Waals surface area contributed by atoms with Crippen molar-refractivity contribution in [3.05, 3.63) is 59.1 Å². The molecule has 0 bridgehead atoms. The molecule has 2 amide bonds. The number of sulfonamides is 1. The number of hydrogen-bond acceptors (Lipinski definition) is 3. The first-order valence-electron chi connectivity index (χ1n) is 8.86. The van der Waals surface area contributed by atoms with Crippen molar-refractivity contribution in [2.24, 2.45) is 0 Å². The summed E-state index contributed by atoms with van der Waals surface area (Å²) in [7, 11) is -3.24. The van der Waals surface area contributed by atoms with Crippen molar-refractivity contribution in [3.8, 4) is 0 Å². The van der Waals surface area contributed by atoms with E-state index in [1.807, 2.05) is 24.3 Å². The highest BCUT2D eigenvalue weighted by molar-refractivity contribution is 7.93. The maximum atomic E-state index is 12.3. The summed E-state index contributed by atoms with van der Waals surface area (Å²) in [6.45, 7) is 0.474. The van der Waals surface area contributed by atoms with Gasteiger partial charge >= 0.3 is 6.03 Å². The maximum absolute atomic E-state index is 12.3. The lowest BCUT2D eigenvalue weighted by Gasteiger charge is -2.18. The molecule has 2 aliphatic rings. The second-order valence-electron chi connectivity index (χ2n) is 6.89. The number of nitrogens with one attached hydrogen (secondary N) is 2. The third-order valence-corrected chi connectivity index (χ3v) is 6.98. The van der Waals surface area contributed by atoms with Crippen LogP contribution in [-0.2, 0) is 10.0 Å². The zero-order valence-electron chi connectivity index (χ0n) is 14.6. The largest absolute Gasteiger partial charge is 0.334 e. The van der Waals surface area contributed by atoms with E-state index < -0.39 is 10.0 Å². The van der Waals surface area contributed by atoms with Crippen LogP contribution in [0.3, 0.4) is 0 Å². The van der Waals surface area contributed by atoms with Crippen molar-refractivity contribution < 1.29 is 13.2 Å². The summed E-state index contributed by atoms with van der Waals surface area (Å²) in [5.74, 6) is 0.438. The molecule has 142 valence electrons. The molecule has 1 saturated heterocycles. The highest BCUT2D eigenvalue weighted by atomic mass is 35.5. The van der Waals surface area contributed by atoms with Crippen LogP contribution in [0.15, 0.2) is 48.5 Å². The highest BCUT2D eigenvalue weighted by Crippen LogP contribution is 2.41. The van der Waals surface area contributed by atoms with E-state index in [0.29, 0.717) is 29.4 Å². The van der Waals surface area contributed by atoms with E-state index in [2.05, 4.69) is 10.6 Å². The van der Waals surface area contributed by atoms with Gasteiger partial charge in [-0.25, -0.2) is 13.2 Å². The Bertz CT molecular complexity index is 980. The smallest absolute Gasteiger partial charge is 0.319 e. The zero-order chi connectivity index (χ0) is 19.0. The van der Waals surface area contributed by atoms with Gasteiger partial charge in [0.1, 0.15) is 0 Å². The van der Waals surface area contributed by atoms with Crippen molar-refractivity contribution in [2.75, 3.05) is 21.9 Å². The van der Waals surface area contributed by atoms with Crippen molar-refractivity contribution in [1.82, 2.24) is 5.32 Å². The van der Waals surface area contributed by atoms with Crippen molar-refractivity contribution in [3.63, 3.8) is 0 Å². The number of nitrogens with zero attached hydrogens (tertiary/aromatic N) is 1. The first-order chi connectivity index (χ1) is 12.9. The molecule has 2 N–H and O–H groups in total. The van der Waals surface area contributed by atoms with Gasteiger partial charge in [0.25, 0.3) is 0 Å². The van der Waals surface area contributed by atoms with E-state index in [1.54, 1.807) is 24.3 Å². The lowest BCUT2D eigenvalue weighted by molar-refractivity contribution is 0.251. The molecule has 0 radical (unpaired) electrons. The molecule has 2 fully saturated rings. The minimum Gasteiger partial charge on any atom is -0.334 e. The van der Waals surface area contributed by atoms with Gasteiger partial charge in [0.2, 0.25) is 10.0 Å². The summed E-state index contributed by atoms with van der Waals surface area (Å²) >= 11 is 6.02. The molecule has 2 aromatic carbocycles. The Balaban J connectivity index is 1.37. The second-order valence-corrected chi connectivity index (χ2v) is 9.34. The second kappa shape index (κ2) is 7.05. The molecular formula is C19H20ClN3O3S. The number of rotatable bonds is 4. The fraction of sp³-hybridized carbons (Fsp3) is 0.316. The van der Waals surface area contributed by atoms with Crippen LogP contribution in [0.4, 0.5) is 16.2 Å². The van der Waals surface area contributed by atoms with E-state index in [4.69, 9.17) is 11.6 Å². The molecule has 0 spiro atoms. The molecule has 0 unspecified atom stereocenters. The average molecular weight is 406 g/mol. The summed E-state index contributed by atoms with van der Waals surface area (Å²) in [5.41, 5.74) is 2.26. The number of carbonyl (C=O) groups is 1. The van der Waals surface area contributed by atoms with E-state index >= 15 is 0 Å². The van der Waals surface area contributed by atoms with Crippen LogP contribution in [0.1, 0.15) is 24.3 Å². The Labute approximate surface area is 163 Å². The van der Waals surface area contributed by atoms with Gasteiger partial charge in [0.05, 0.1) is 11.4 Å². The maximum Gasteiger partial charge on any atom is 0.319 e. The normalized spacial score (nSPS) is 23.1. The summed E-state index contributed by atoms with van der Waals surface area (Å²) in [4.78, 5) is 12.3. The number of benzene rings is 2. The molecule has 4 rings (SSSR count). The van der Waals surface area contributed by atoms with Crippen LogP contribution in [0.5, 0.6) is 0 Å². The molecule has 2 atom stereocenters. The predicted octanol–water partition coefficient (Wildman–Crippen LogP) is 3.56. The van der Waals surface area contributed by atoms with Crippen LogP contribution in [0.2, 0.25) is 5.02 Å². The van der Waals surface area contributed by atoms with E-state index in [0.717, 1.165) is 12.0 Å². The molecule has 1 heterocycles.